The van der Waals surface area contributed by atoms with Gasteiger partial charge >= 0.3 is 6.09 Å². The molecule has 0 aromatic carbocycles. The van der Waals surface area contributed by atoms with Crippen LogP contribution in [0.4, 0.5) is 10.6 Å². The minimum Gasteiger partial charge on any atom is -0.450 e. The van der Waals surface area contributed by atoms with Gasteiger partial charge in [0.15, 0.2) is 5.82 Å². The zero-order valence-corrected chi connectivity index (χ0v) is 12.3. The molecule has 0 saturated carbocycles. The summed E-state index contributed by atoms with van der Waals surface area (Å²) in [5, 5.41) is 11.3. The third-order valence-electron chi connectivity index (χ3n) is 3.56. The average Bonchev–Trinajstić information content (AvgIpc) is 2.42. The van der Waals surface area contributed by atoms with Crippen LogP contribution in [0.1, 0.15) is 31.0 Å². The van der Waals surface area contributed by atoms with E-state index in [1.54, 1.807) is 6.92 Å². The van der Waals surface area contributed by atoms with Crippen molar-refractivity contribution in [3.8, 4) is 0 Å². The van der Waals surface area contributed by atoms with Gasteiger partial charge in [0.25, 0.3) is 0 Å². The topological polar surface area (TPSA) is 67.3 Å². The zero-order valence-electron chi connectivity index (χ0n) is 12.3. The van der Waals surface area contributed by atoms with Gasteiger partial charge in [-0.2, -0.15) is 5.10 Å². The first-order valence-electron chi connectivity index (χ1n) is 7.09. The fourth-order valence-corrected chi connectivity index (χ4v) is 2.33. The lowest BCUT2D eigenvalue weighted by Crippen LogP contribution is -2.48. The molecule has 1 aliphatic heterocycles. The Kier molecular flexibility index (Phi) is 4.76. The normalized spacial score (nSPS) is 18.8. The van der Waals surface area contributed by atoms with Crippen molar-refractivity contribution >= 4 is 11.9 Å². The quantitative estimate of drug-likeness (QED) is 0.913. The molecule has 1 fully saturated rings. The molecule has 6 heteroatoms. The summed E-state index contributed by atoms with van der Waals surface area (Å²) in [6.07, 6.45) is 1.64. The van der Waals surface area contributed by atoms with Crippen LogP contribution in [0.3, 0.4) is 0 Å². The maximum absolute atomic E-state index is 11.5. The number of aryl methyl sites for hydroxylation is 2. The van der Waals surface area contributed by atoms with Crippen LogP contribution >= 0.6 is 0 Å². The lowest BCUT2D eigenvalue weighted by atomic mass is 10.1. The van der Waals surface area contributed by atoms with E-state index < -0.39 is 0 Å². The molecule has 20 heavy (non-hydrogen) atoms. The number of piperidine rings is 1. The van der Waals surface area contributed by atoms with Crippen LogP contribution in [-0.4, -0.2) is 42.0 Å². The summed E-state index contributed by atoms with van der Waals surface area (Å²) >= 11 is 0. The van der Waals surface area contributed by atoms with Gasteiger partial charge in [0.05, 0.1) is 12.3 Å². The Morgan fingerprint density at radius 1 is 1.50 bits per heavy atom. The Labute approximate surface area is 119 Å². The predicted molar refractivity (Wildman–Crippen MR) is 76.9 cm³/mol. The van der Waals surface area contributed by atoms with Gasteiger partial charge in [-0.05, 0) is 45.2 Å². The molecule has 1 amide bonds. The van der Waals surface area contributed by atoms with E-state index in [0.29, 0.717) is 6.61 Å². The zero-order chi connectivity index (χ0) is 14.5. The molecular formula is C14H22N4O2. The highest BCUT2D eigenvalue weighted by Gasteiger charge is 2.23. The van der Waals surface area contributed by atoms with Crippen molar-refractivity contribution in [2.75, 3.05) is 24.6 Å². The molecule has 2 heterocycles. The van der Waals surface area contributed by atoms with Crippen molar-refractivity contribution in [1.82, 2.24) is 15.5 Å². The second-order valence-corrected chi connectivity index (χ2v) is 5.12. The number of aromatic nitrogens is 2. The van der Waals surface area contributed by atoms with Gasteiger partial charge in [-0.3, -0.25) is 0 Å². The maximum Gasteiger partial charge on any atom is 0.407 e. The van der Waals surface area contributed by atoms with Gasteiger partial charge in [-0.1, -0.05) is 0 Å². The molecule has 0 aliphatic carbocycles. The Balaban J connectivity index is 1.99. The van der Waals surface area contributed by atoms with Crippen molar-refractivity contribution in [3.63, 3.8) is 0 Å². The van der Waals surface area contributed by atoms with E-state index in [9.17, 15) is 4.79 Å². The third kappa shape index (κ3) is 3.59. The number of amides is 1. The third-order valence-corrected chi connectivity index (χ3v) is 3.56. The van der Waals surface area contributed by atoms with Gasteiger partial charge in [0.2, 0.25) is 0 Å². The van der Waals surface area contributed by atoms with Crippen LogP contribution in [-0.2, 0) is 4.74 Å². The minimum atomic E-state index is -0.342. The average molecular weight is 278 g/mol. The molecule has 0 bridgehead atoms. The molecule has 2 rings (SSSR count). The Morgan fingerprint density at radius 3 is 3.00 bits per heavy atom. The van der Waals surface area contributed by atoms with Crippen LogP contribution in [0.25, 0.3) is 0 Å². The van der Waals surface area contributed by atoms with E-state index in [1.807, 2.05) is 13.8 Å². The van der Waals surface area contributed by atoms with E-state index in [-0.39, 0.29) is 12.1 Å². The molecule has 1 aromatic rings. The number of nitrogens with one attached hydrogen (secondary N) is 1. The molecule has 0 radical (unpaired) electrons. The van der Waals surface area contributed by atoms with Crippen LogP contribution in [0.15, 0.2) is 6.07 Å². The van der Waals surface area contributed by atoms with E-state index in [4.69, 9.17) is 4.74 Å². The molecule has 1 atom stereocenters. The van der Waals surface area contributed by atoms with Crippen molar-refractivity contribution < 1.29 is 9.53 Å². The molecule has 1 aromatic heterocycles. The Hall–Kier alpha value is -1.85. The second kappa shape index (κ2) is 6.54. The highest BCUT2D eigenvalue weighted by Crippen LogP contribution is 2.19. The SMILES string of the molecule is CCOC(=O)NC1CCCN(c2cc(C)c(C)nn2)C1. The number of carbonyl (C=O) groups excluding carboxylic acids is 1. The Morgan fingerprint density at radius 2 is 2.30 bits per heavy atom. The number of anilines is 1. The molecule has 1 unspecified atom stereocenters. The number of ether oxygens (including phenoxy) is 1. The van der Waals surface area contributed by atoms with Crippen LogP contribution in [0, 0.1) is 13.8 Å². The summed E-state index contributed by atoms with van der Waals surface area (Å²) in [5.74, 6) is 0.878. The number of nitrogens with zero attached hydrogens (tertiary/aromatic N) is 3. The molecule has 1 aliphatic rings. The second-order valence-electron chi connectivity index (χ2n) is 5.12. The number of hydrogen-bond donors (Lipinski definition) is 1. The first-order valence-corrected chi connectivity index (χ1v) is 7.09. The summed E-state index contributed by atoms with van der Waals surface area (Å²) in [6.45, 7) is 7.87. The summed E-state index contributed by atoms with van der Waals surface area (Å²) < 4.78 is 4.92. The number of carbonyl (C=O) groups is 1. The van der Waals surface area contributed by atoms with Crippen molar-refractivity contribution in [3.05, 3.63) is 17.3 Å². The van der Waals surface area contributed by atoms with Gasteiger partial charge in [-0.25, -0.2) is 4.79 Å². The Bertz CT molecular complexity index is 478. The number of hydrogen-bond acceptors (Lipinski definition) is 5. The summed E-state index contributed by atoms with van der Waals surface area (Å²) in [6, 6.07) is 2.15. The molecule has 6 nitrogen and oxygen atoms in total. The smallest absolute Gasteiger partial charge is 0.407 e. The van der Waals surface area contributed by atoms with Gasteiger partial charge in [0.1, 0.15) is 0 Å². The van der Waals surface area contributed by atoms with E-state index in [2.05, 4.69) is 26.5 Å². The summed E-state index contributed by atoms with van der Waals surface area (Å²) in [4.78, 5) is 13.6. The van der Waals surface area contributed by atoms with Crippen LogP contribution in [0.5, 0.6) is 0 Å². The van der Waals surface area contributed by atoms with Crippen molar-refractivity contribution in [2.45, 2.75) is 39.7 Å². The van der Waals surface area contributed by atoms with E-state index in [0.717, 1.165) is 43.0 Å². The monoisotopic (exact) mass is 278 g/mol. The van der Waals surface area contributed by atoms with Gasteiger partial charge < -0.3 is 15.0 Å². The highest BCUT2D eigenvalue weighted by atomic mass is 16.5. The lowest BCUT2D eigenvalue weighted by Gasteiger charge is -2.33. The van der Waals surface area contributed by atoms with Gasteiger partial charge in [0, 0.05) is 19.1 Å². The molecule has 1 N–H and O–H groups in total. The van der Waals surface area contributed by atoms with Crippen molar-refractivity contribution in [1.29, 1.82) is 0 Å². The molecule has 1 saturated heterocycles. The fourth-order valence-electron chi connectivity index (χ4n) is 2.33. The lowest BCUT2D eigenvalue weighted by molar-refractivity contribution is 0.146. The van der Waals surface area contributed by atoms with Crippen LogP contribution in [0.2, 0.25) is 0 Å². The van der Waals surface area contributed by atoms with Gasteiger partial charge in [-0.15, -0.1) is 5.10 Å². The first kappa shape index (κ1) is 14.6. The summed E-state index contributed by atoms with van der Waals surface area (Å²) in [7, 11) is 0. The first-order chi connectivity index (χ1) is 9.60. The molecular weight excluding hydrogens is 256 g/mol. The van der Waals surface area contributed by atoms with Crippen LogP contribution < -0.4 is 10.2 Å². The highest BCUT2D eigenvalue weighted by molar-refractivity contribution is 5.67. The van der Waals surface area contributed by atoms with Crippen molar-refractivity contribution in [2.24, 2.45) is 0 Å². The summed E-state index contributed by atoms with van der Waals surface area (Å²) in [5.41, 5.74) is 2.09. The maximum atomic E-state index is 11.5. The largest absolute Gasteiger partial charge is 0.450 e. The van der Waals surface area contributed by atoms with E-state index >= 15 is 0 Å². The fraction of sp³-hybridized carbons (Fsp3) is 0.643. The number of alkyl carbamates (subject to hydrolysis) is 1. The standard InChI is InChI=1S/C14H22N4O2/c1-4-20-14(19)15-12-6-5-7-18(9-12)13-8-10(2)11(3)16-17-13/h8,12H,4-7,9H2,1-3H3,(H,15,19). The minimum absolute atomic E-state index is 0.103. The number of rotatable bonds is 3. The predicted octanol–water partition coefficient (Wildman–Crippen LogP) is 1.81. The molecule has 110 valence electrons. The molecule has 0 spiro atoms. The van der Waals surface area contributed by atoms with E-state index in [1.165, 1.54) is 0 Å².